The third kappa shape index (κ3) is 6.11. The summed E-state index contributed by atoms with van der Waals surface area (Å²) in [6.07, 6.45) is 3.92. The lowest BCUT2D eigenvalue weighted by molar-refractivity contribution is -0.113. The third-order valence-electron chi connectivity index (χ3n) is 6.83. The minimum Gasteiger partial charge on any atom is -0.489 e. The van der Waals surface area contributed by atoms with Gasteiger partial charge in [-0.25, -0.2) is 9.07 Å². The lowest BCUT2D eigenvalue weighted by atomic mass is 10.1. The Morgan fingerprint density at radius 2 is 1.71 bits per heavy atom. The van der Waals surface area contributed by atoms with Gasteiger partial charge < -0.3 is 14.4 Å². The van der Waals surface area contributed by atoms with E-state index in [1.165, 1.54) is 17.8 Å². The number of rotatable bonds is 6. The number of aliphatic imine (C=N–C) groups is 1. The van der Waals surface area contributed by atoms with Crippen molar-refractivity contribution in [1.82, 2.24) is 14.7 Å². The van der Waals surface area contributed by atoms with Crippen molar-refractivity contribution in [2.24, 2.45) is 4.99 Å². The highest BCUT2D eigenvalue weighted by atomic mass is 32.2. The first-order chi connectivity index (χ1) is 19.9. The second-order valence-corrected chi connectivity index (χ2v) is 11.1. The maximum absolute atomic E-state index is 14.0. The minimum absolute atomic E-state index is 0.0690. The van der Waals surface area contributed by atoms with Crippen molar-refractivity contribution in [2.75, 3.05) is 13.1 Å². The molecule has 6 rings (SSSR count). The van der Waals surface area contributed by atoms with Gasteiger partial charge in [-0.3, -0.25) is 4.79 Å². The van der Waals surface area contributed by atoms with Gasteiger partial charge in [0.05, 0.1) is 28.5 Å². The summed E-state index contributed by atoms with van der Waals surface area (Å²) in [5.41, 5.74) is 3.77. The Labute approximate surface area is 242 Å². The van der Waals surface area contributed by atoms with Crippen LogP contribution in [0.25, 0.3) is 23.0 Å². The average Bonchev–Trinajstić information content (AvgIpc) is 3.56. The number of hydrogen-bond donors (Lipinski definition) is 0. The lowest BCUT2D eigenvalue weighted by Gasteiger charge is -2.35. The monoisotopic (exact) mass is 568 g/mol. The van der Waals surface area contributed by atoms with Crippen LogP contribution < -0.4 is 4.74 Å². The van der Waals surface area contributed by atoms with Gasteiger partial charge >= 0.3 is 0 Å². The molecule has 3 heterocycles. The van der Waals surface area contributed by atoms with Gasteiger partial charge in [0.25, 0.3) is 5.91 Å². The van der Waals surface area contributed by atoms with E-state index < -0.39 is 0 Å². The molecule has 7 nitrogen and oxygen atoms in total. The van der Waals surface area contributed by atoms with Crippen molar-refractivity contribution in [3.8, 4) is 22.7 Å². The zero-order chi connectivity index (χ0) is 28.3. The predicted molar refractivity (Wildman–Crippen MR) is 159 cm³/mol. The van der Waals surface area contributed by atoms with Crippen LogP contribution >= 0.6 is 11.8 Å². The first-order valence-corrected chi connectivity index (χ1v) is 14.3. The van der Waals surface area contributed by atoms with E-state index in [1.54, 1.807) is 18.2 Å². The fourth-order valence-corrected chi connectivity index (χ4v) is 5.85. The minimum atomic E-state index is -0.294. The van der Waals surface area contributed by atoms with E-state index in [0.717, 1.165) is 22.5 Å². The van der Waals surface area contributed by atoms with E-state index in [-0.39, 0.29) is 30.5 Å². The molecule has 0 radical (unpaired) electrons. The van der Waals surface area contributed by atoms with E-state index in [2.05, 4.69) is 9.89 Å². The molecular formula is C32H29FN4O3S. The van der Waals surface area contributed by atoms with Crippen LogP contribution in [0.15, 0.2) is 95.0 Å². The highest BCUT2D eigenvalue weighted by Crippen LogP contribution is 2.34. The van der Waals surface area contributed by atoms with Crippen molar-refractivity contribution in [3.05, 3.63) is 107 Å². The highest BCUT2D eigenvalue weighted by Gasteiger charge is 2.31. The summed E-state index contributed by atoms with van der Waals surface area (Å²) < 4.78 is 27.5. The molecule has 1 amide bonds. The highest BCUT2D eigenvalue weighted by molar-refractivity contribution is 8.18. The van der Waals surface area contributed by atoms with Crippen molar-refractivity contribution in [1.29, 1.82) is 0 Å². The number of hydrogen-bond acceptors (Lipinski definition) is 6. The molecule has 3 aromatic carbocycles. The topological polar surface area (TPSA) is 69.0 Å². The molecular weight excluding hydrogens is 539 g/mol. The summed E-state index contributed by atoms with van der Waals surface area (Å²) in [4.78, 5) is 20.0. The number of carbonyl (C=O) groups is 1. The van der Waals surface area contributed by atoms with Crippen molar-refractivity contribution in [3.63, 3.8) is 0 Å². The zero-order valence-corrected chi connectivity index (χ0v) is 23.6. The third-order valence-corrected chi connectivity index (χ3v) is 7.87. The smallest absolute Gasteiger partial charge is 0.286 e. The van der Waals surface area contributed by atoms with Crippen molar-refractivity contribution >= 4 is 28.9 Å². The van der Waals surface area contributed by atoms with Gasteiger partial charge in [0, 0.05) is 36.0 Å². The second kappa shape index (κ2) is 11.7. The van der Waals surface area contributed by atoms with Crippen LogP contribution in [-0.4, -0.2) is 51.1 Å². The van der Waals surface area contributed by atoms with Gasteiger partial charge in [0.2, 0.25) is 0 Å². The summed E-state index contributed by atoms with van der Waals surface area (Å²) in [6, 6.07) is 23.9. The predicted octanol–water partition coefficient (Wildman–Crippen LogP) is 6.34. The quantitative estimate of drug-likeness (QED) is 0.253. The molecule has 1 saturated heterocycles. The van der Waals surface area contributed by atoms with E-state index >= 15 is 0 Å². The van der Waals surface area contributed by atoms with Gasteiger partial charge in [-0.2, -0.15) is 10.1 Å². The largest absolute Gasteiger partial charge is 0.489 e. The fourth-order valence-electron chi connectivity index (χ4n) is 4.92. The SMILES string of the molecule is CC1CN(C2=NC(=O)C(=Cc3cn(-c4ccccc4)nc3-c3ccc(OCc4ccccc4F)cc3)S2)CC(C)O1. The van der Waals surface area contributed by atoms with E-state index in [9.17, 15) is 9.18 Å². The number of halogens is 1. The number of ether oxygens (including phenoxy) is 2. The molecule has 208 valence electrons. The van der Waals surface area contributed by atoms with E-state index in [0.29, 0.717) is 34.5 Å². The molecule has 9 heteroatoms. The standard InChI is InChI=1S/C32H29FN4O3S/c1-21-17-36(18-22(2)40-21)32-34-31(38)29(41-32)16-25-19-37(26-9-4-3-5-10-26)35-30(25)23-12-14-27(15-13-23)39-20-24-8-6-7-11-28(24)33/h3-16,19,21-22H,17-18,20H2,1-2H3. The average molecular weight is 569 g/mol. The van der Waals surface area contributed by atoms with Crippen LogP contribution in [0, 0.1) is 5.82 Å². The Balaban J connectivity index is 1.27. The number of thioether (sulfide) groups is 1. The normalized spacial score (nSPS) is 20.0. The van der Waals surface area contributed by atoms with Crippen LogP contribution in [0.5, 0.6) is 5.75 Å². The molecule has 1 fully saturated rings. The molecule has 4 aromatic rings. The number of benzene rings is 3. The summed E-state index contributed by atoms with van der Waals surface area (Å²) in [5.74, 6) is 0.0670. The van der Waals surface area contributed by atoms with Crippen molar-refractivity contribution in [2.45, 2.75) is 32.7 Å². The van der Waals surface area contributed by atoms with Crippen LogP contribution in [0.4, 0.5) is 4.39 Å². The van der Waals surface area contributed by atoms with Gasteiger partial charge in [-0.15, -0.1) is 0 Å². The van der Waals surface area contributed by atoms with Crippen LogP contribution in [0.1, 0.15) is 25.0 Å². The van der Waals surface area contributed by atoms with Gasteiger partial charge in [-0.1, -0.05) is 36.4 Å². The number of carbonyl (C=O) groups excluding carboxylic acids is 1. The molecule has 2 atom stereocenters. The number of para-hydroxylation sites is 1. The first kappa shape index (κ1) is 27.0. The number of aromatic nitrogens is 2. The zero-order valence-electron chi connectivity index (χ0n) is 22.7. The first-order valence-electron chi connectivity index (χ1n) is 13.5. The Hall–Kier alpha value is -4.21. The number of nitrogens with zero attached hydrogens (tertiary/aromatic N) is 4. The molecule has 2 aliphatic heterocycles. The van der Waals surface area contributed by atoms with Gasteiger partial charge in [-0.05, 0) is 74.1 Å². The Morgan fingerprint density at radius 1 is 1.00 bits per heavy atom. The van der Waals surface area contributed by atoms with Crippen LogP contribution in [-0.2, 0) is 16.1 Å². The summed E-state index contributed by atoms with van der Waals surface area (Å²) in [5, 5.41) is 5.58. The maximum atomic E-state index is 14.0. The van der Waals surface area contributed by atoms with Gasteiger partial charge in [0.15, 0.2) is 5.17 Å². The molecule has 0 aliphatic carbocycles. The molecule has 2 aliphatic rings. The lowest BCUT2D eigenvalue weighted by Crippen LogP contribution is -2.47. The molecule has 0 spiro atoms. The molecule has 2 unspecified atom stereocenters. The molecule has 1 aromatic heterocycles. The molecule has 0 bridgehead atoms. The molecule has 41 heavy (non-hydrogen) atoms. The second-order valence-electron chi connectivity index (χ2n) is 10.1. The Bertz CT molecular complexity index is 1610. The molecule has 0 saturated carbocycles. The maximum Gasteiger partial charge on any atom is 0.286 e. The summed E-state index contributed by atoms with van der Waals surface area (Å²) >= 11 is 1.39. The molecule has 0 N–H and O–H groups in total. The Morgan fingerprint density at radius 3 is 2.44 bits per heavy atom. The van der Waals surface area contributed by atoms with E-state index in [1.807, 2.05) is 85.4 Å². The summed E-state index contributed by atoms with van der Waals surface area (Å²) in [7, 11) is 0. The van der Waals surface area contributed by atoms with Gasteiger partial charge in [0.1, 0.15) is 18.2 Å². The summed E-state index contributed by atoms with van der Waals surface area (Å²) in [6.45, 7) is 5.58. The number of morpholine rings is 1. The fraction of sp³-hybridized carbons (Fsp3) is 0.219. The van der Waals surface area contributed by atoms with Crippen molar-refractivity contribution < 1.29 is 18.7 Å². The van der Waals surface area contributed by atoms with Crippen LogP contribution in [0.3, 0.4) is 0 Å². The number of amidine groups is 1. The van der Waals surface area contributed by atoms with E-state index in [4.69, 9.17) is 14.6 Å². The number of amides is 1. The Kier molecular flexibility index (Phi) is 7.71. The van der Waals surface area contributed by atoms with Crippen LogP contribution in [0.2, 0.25) is 0 Å².